The molecule has 1 aromatic heterocycles. The number of rotatable bonds is 3. The Morgan fingerprint density at radius 3 is 2.82 bits per heavy atom. The molecule has 116 valence electrons. The lowest BCUT2D eigenvalue weighted by molar-refractivity contribution is -0.115. The summed E-state index contributed by atoms with van der Waals surface area (Å²) < 4.78 is 0. The van der Waals surface area contributed by atoms with Gasteiger partial charge in [0, 0.05) is 19.3 Å². The summed E-state index contributed by atoms with van der Waals surface area (Å²) in [5.41, 5.74) is 0.648. The van der Waals surface area contributed by atoms with Crippen LogP contribution in [0, 0.1) is 5.92 Å². The van der Waals surface area contributed by atoms with E-state index in [4.69, 9.17) is 0 Å². The molecule has 0 aliphatic carbocycles. The van der Waals surface area contributed by atoms with Crippen molar-refractivity contribution in [2.75, 3.05) is 18.0 Å². The first-order valence-electron chi connectivity index (χ1n) is 7.48. The molecule has 1 N–H and O–H groups in total. The maximum atomic E-state index is 11.6. The van der Waals surface area contributed by atoms with Gasteiger partial charge in [0.25, 0.3) is 11.1 Å². The minimum atomic E-state index is -0.362. The highest BCUT2D eigenvalue weighted by Gasteiger charge is 2.25. The molecule has 2 aliphatic rings. The second-order valence-electron chi connectivity index (χ2n) is 5.47. The molecule has 2 aliphatic heterocycles. The van der Waals surface area contributed by atoms with Crippen LogP contribution in [-0.4, -0.2) is 34.2 Å². The third-order valence-corrected chi connectivity index (χ3v) is 4.87. The third-order valence-electron chi connectivity index (χ3n) is 4.06. The fourth-order valence-electron chi connectivity index (χ4n) is 2.69. The van der Waals surface area contributed by atoms with Gasteiger partial charge in [-0.05, 0) is 42.7 Å². The van der Waals surface area contributed by atoms with E-state index >= 15 is 0 Å². The fourth-order valence-corrected chi connectivity index (χ4v) is 3.36. The number of imide groups is 1. The van der Waals surface area contributed by atoms with Gasteiger partial charge in [-0.3, -0.25) is 14.9 Å². The first-order valence-corrected chi connectivity index (χ1v) is 8.30. The summed E-state index contributed by atoms with van der Waals surface area (Å²) in [6.07, 6.45) is 6.88. The molecule has 2 fully saturated rings. The first-order chi connectivity index (χ1) is 10.7. The van der Waals surface area contributed by atoms with Gasteiger partial charge >= 0.3 is 0 Å². The number of amides is 2. The van der Waals surface area contributed by atoms with Crippen molar-refractivity contribution in [2.45, 2.75) is 26.2 Å². The van der Waals surface area contributed by atoms with Gasteiger partial charge in [0.05, 0.1) is 10.6 Å². The summed E-state index contributed by atoms with van der Waals surface area (Å²) >= 11 is 0.901. The molecule has 7 heteroatoms. The molecule has 22 heavy (non-hydrogen) atoms. The quantitative estimate of drug-likeness (QED) is 0.863. The van der Waals surface area contributed by atoms with E-state index in [9.17, 15) is 9.59 Å². The van der Waals surface area contributed by atoms with Crippen molar-refractivity contribution < 1.29 is 9.59 Å². The van der Waals surface area contributed by atoms with Gasteiger partial charge < -0.3 is 4.90 Å². The molecular weight excluding hydrogens is 300 g/mol. The number of carbonyl (C=O) groups is 2. The minimum absolute atomic E-state index is 0.341. The van der Waals surface area contributed by atoms with E-state index in [0.29, 0.717) is 16.5 Å². The Balaban J connectivity index is 1.75. The van der Waals surface area contributed by atoms with Crippen LogP contribution in [0.3, 0.4) is 0 Å². The normalized spacial score (nSPS) is 21.5. The number of nitrogens with one attached hydrogen (secondary N) is 1. The van der Waals surface area contributed by atoms with Crippen molar-refractivity contribution >= 4 is 34.9 Å². The monoisotopic (exact) mass is 318 g/mol. The van der Waals surface area contributed by atoms with Gasteiger partial charge in [-0.15, -0.1) is 0 Å². The molecule has 2 amide bonds. The molecule has 2 saturated heterocycles. The number of thioether (sulfide) groups is 1. The molecule has 0 unspecified atom stereocenters. The minimum Gasteiger partial charge on any atom is -0.341 e. The summed E-state index contributed by atoms with van der Waals surface area (Å²) in [6, 6.07) is 1.74. The van der Waals surface area contributed by atoms with Crippen LogP contribution < -0.4 is 10.2 Å². The highest BCUT2D eigenvalue weighted by atomic mass is 32.2. The van der Waals surface area contributed by atoms with Gasteiger partial charge in [-0.1, -0.05) is 13.3 Å². The molecule has 0 radical (unpaired) electrons. The molecule has 3 rings (SSSR count). The molecule has 0 bridgehead atoms. The van der Waals surface area contributed by atoms with Crippen LogP contribution in [0.4, 0.5) is 10.7 Å². The Bertz CT molecular complexity index is 624. The Hall–Kier alpha value is -1.89. The van der Waals surface area contributed by atoms with Crippen LogP contribution in [0.25, 0.3) is 6.08 Å². The summed E-state index contributed by atoms with van der Waals surface area (Å²) in [4.78, 5) is 34.1. The highest BCUT2D eigenvalue weighted by Crippen LogP contribution is 2.26. The van der Waals surface area contributed by atoms with Gasteiger partial charge in [0.1, 0.15) is 0 Å². The van der Waals surface area contributed by atoms with E-state index in [2.05, 4.69) is 27.1 Å². The second kappa shape index (κ2) is 6.48. The number of aromatic nitrogens is 2. The standard InChI is InChI=1S/C15H18N4O2S/c1-2-10-4-7-19(8-5-10)14-16-6-3-11(17-14)9-12-13(20)18-15(21)22-12/h3,6,9-10H,2,4-5,7-8H2,1H3,(H,18,20,21)/b12-9-. The Labute approximate surface area is 133 Å². The molecular formula is C15H18N4O2S. The molecule has 0 spiro atoms. The van der Waals surface area contributed by atoms with Crippen LogP contribution in [0.2, 0.25) is 0 Å². The Morgan fingerprint density at radius 2 is 2.18 bits per heavy atom. The molecule has 6 nitrogen and oxygen atoms in total. The van der Waals surface area contributed by atoms with Crippen molar-refractivity contribution in [2.24, 2.45) is 5.92 Å². The van der Waals surface area contributed by atoms with Crippen LogP contribution >= 0.6 is 11.8 Å². The van der Waals surface area contributed by atoms with Crippen molar-refractivity contribution in [3.05, 3.63) is 22.9 Å². The maximum Gasteiger partial charge on any atom is 0.290 e. The van der Waals surface area contributed by atoms with Crippen LogP contribution in [0.5, 0.6) is 0 Å². The lowest BCUT2D eigenvalue weighted by atomic mass is 9.95. The van der Waals surface area contributed by atoms with E-state index in [1.165, 1.54) is 6.42 Å². The van der Waals surface area contributed by atoms with Gasteiger partial charge in [-0.25, -0.2) is 9.97 Å². The van der Waals surface area contributed by atoms with E-state index in [1.807, 2.05) is 0 Å². The molecule has 0 saturated carbocycles. The molecule has 0 atom stereocenters. The number of hydrogen-bond donors (Lipinski definition) is 1. The van der Waals surface area contributed by atoms with Crippen molar-refractivity contribution in [1.82, 2.24) is 15.3 Å². The lowest BCUT2D eigenvalue weighted by Crippen LogP contribution is -2.34. The summed E-state index contributed by atoms with van der Waals surface area (Å²) in [6.45, 7) is 4.16. The van der Waals surface area contributed by atoms with E-state index in [0.717, 1.165) is 43.6 Å². The van der Waals surface area contributed by atoms with Crippen molar-refractivity contribution in [3.8, 4) is 0 Å². The van der Waals surface area contributed by atoms with Crippen LogP contribution in [-0.2, 0) is 4.79 Å². The molecule has 0 aromatic carbocycles. The first kappa shape index (κ1) is 15.0. The van der Waals surface area contributed by atoms with E-state index in [1.54, 1.807) is 18.3 Å². The number of hydrogen-bond acceptors (Lipinski definition) is 6. The zero-order valence-corrected chi connectivity index (χ0v) is 13.2. The van der Waals surface area contributed by atoms with Crippen LogP contribution in [0.15, 0.2) is 17.2 Å². The average Bonchev–Trinajstić information content (AvgIpc) is 2.85. The predicted octanol–water partition coefficient (Wildman–Crippen LogP) is 2.43. The summed E-state index contributed by atoms with van der Waals surface area (Å²) in [7, 11) is 0. The number of piperidine rings is 1. The number of carbonyl (C=O) groups excluding carboxylic acids is 2. The second-order valence-corrected chi connectivity index (χ2v) is 6.49. The Morgan fingerprint density at radius 1 is 1.41 bits per heavy atom. The van der Waals surface area contributed by atoms with Crippen LogP contribution in [0.1, 0.15) is 31.9 Å². The molecule has 1 aromatic rings. The summed E-state index contributed by atoms with van der Waals surface area (Å²) in [5, 5.41) is 1.90. The third kappa shape index (κ3) is 3.30. The van der Waals surface area contributed by atoms with Gasteiger partial charge in [-0.2, -0.15) is 0 Å². The zero-order chi connectivity index (χ0) is 15.5. The van der Waals surface area contributed by atoms with Crippen molar-refractivity contribution in [3.63, 3.8) is 0 Å². The largest absolute Gasteiger partial charge is 0.341 e. The fraction of sp³-hybridized carbons (Fsp3) is 0.467. The predicted molar refractivity (Wildman–Crippen MR) is 86.4 cm³/mol. The maximum absolute atomic E-state index is 11.6. The van der Waals surface area contributed by atoms with E-state index < -0.39 is 0 Å². The van der Waals surface area contributed by atoms with Gasteiger partial charge in [0.15, 0.2) is 0 Å². The number of nitrogens with zero attached hydrogens (tertiary/aromatic N) is 3. The van der Waals surface area contributed by atoms with Gasteiger partial charge in [0.2, 0.25) is 5.95 Å². The Kier molecular flexibility index (Phi) is 4.42. The number of anilines is 1. The summed E-state index contributed by atoms with van der Waals surface area (Å²) in [5.74, 6) is 1.13. The SMILES string of the molecule is CCC1CCN(c2nccc(/C=C3\SC(=O)NC3=O)n2)CC1. The highest BCUT2D eigenvalue weighted by molar-refractivity contribution is 8.18. The smallest absolute Gasteiger partial charge is 0.290 e. The topological polar surface area (TPSA) is 75.2 Å². The van der Waals surface area contributed by atoms with Crippen molar-refractivity contribution in [1.29, 1.82) is 0 Å². The average molecular weight is 318 g/mol. The molecule has 3 heterocycles. The van der Waals surface area contributed by atoms with E-state index in [-0.39, 0.29) is 11.1 Å². The zero-order valence-electron chi connectivity index (χ0n) is 12.4. The lowest BCUT2D eigenvalue weighted by Gasteiger charge is -2.31.